The van der Waals surface area contributed by atoms with Gasteiger partial charge in [0.15, 0.2) is 0 Å². The van der Waals surface area contributed by atoms with E-state index >= 15 is 0 Å². The maximum Gasteiger partial charge on any atom is 0.262 e. The number of hydrogen-bond donors (Lipinski definition) is 0. The Morgan fingerprint density at radius 3 is 2.86 bits per heavy atom. The van der Waals surface area contributed by atoms with Crippen LogP contribution in [-0.4, -0.2) is 9.55 Å². The Morgan fingerprint density at radius 1 is 1.43 bits per heavy atom. The fraction of sp³-hybridized carbons (Fsp3) is 0.200. The van der Waals surface area contributed by atoms with Gasteiger partial charge in [-0.05, 0) is 30.2 Å². The van der Waals surface area contributed by atoms with Crippen LogP contribution in [0, 0.1) is 6.92 Å². The molecule has 0 amide bonds. The fourth-order valence-electron chi connectivity index (χ4n) is 1.45. The molecule has 0 aliphatic heterocycles. The van der Waals surface area contributed by atoms with Crippen molar-refractivity contribution in [3.63, 3.8) is 0 Å². The summed E-state index contributed by atoms with van der Waals surface area (Å²) in [5.41, 5.74) is 1.48. The van der Waals surface area contributed by atoms with Gasteiger partial charge in [-0.3, -0.25) is 9.36 Å². The highest BCUT2D eigenvalue weighted by Gasteiger charge is 2.07. The third-order valence-electron chi connectivity index (χ3n) is 2.26. The average Bonchev–Trinajstić information content (AvgIpc) is 2.14. The van der Waals surface area contributed by atoms with E-state index in [1.54, 1.807) is 13.1 Å². The van der Waals surface area contributed by atoms with Gasteiger partial charge >= 0.3 is 0 Å². The summed E-state index contributed by atoms with van der Waals surface area (Å²) < 4.78 is 1.34. The van der Waals surface area contributed by atoms with Crippen LogP contribution in [0.1, 0.15) is 5.56 Å². The van der Waals surface area contributed by atoms with E-state index < -0.39 is 0 Å². The standard InChI is InChI=1S/C10H9ClN2O/c1-6-4-3-5-7-8(6)9(14)13(2)10(11)12-7/h3-5H,1-2H3. The topological polar surface area (TPSA) is 34.9 Å². The second-order valence-corrected chi connectivity index (χ2v) is 3.55. The lowest BCUT2D eigenvalue weighted by Crippen LogP contribution is -2.19. The molecule has 0 N–H and O–H groups in total. The van der Waals surface area contributed by atoms with Crippen molar-refractivity contribution >= 4 is 22.5 Å². The molecule has 4 heteroatoms. The monoisotopic (exact) mass is 208 g/mol. The van der Waals surface area contributed by atoms with Crippen LogP contribution in [0.5, 0.6) is 0 Å². The van der Waals surface area contributed by atoms with Crippen LogP contribution in [0.15, 0.2) is 23.0 Å². The van der Waals surface area contributed by atoms with Crippen molar-refractivity contribution in [1.82, 2.24) is 9.55 Å². The zero-order chi connectivity index (χ0) is 10.3. The lowest BCUT2D eigenvalue weighted by Gasteiger charge is -2.04. The Balaban J connectivity index is 3.07. The first-order chi connectivity index (χ1) is 6.61. The molecule has 2 aromatic rings. The van der Waals surface area contributed by atoms with E-state index in [0.717, 1.165) is 5.56 Å². The molecule has 0 aliphatic rings. The molecule has 0 atom stereocenters. The summed E-state index contributed by atoms with van der Waals surface area (Å²) in [7, 11) is 1.61. The maximum absolute atomic E-state index is 11.8. The molecule has 1 aromatic carbocycles. The van der Waals surface area contributed by atoms with Gasteiger partial charge in [-0.1, -0.05) is 12.1 Å². The van der Waals surface area contributed by atoms with E-state index in [-0.39, 0.29) is 10.8 Å². The molecule has 1 aromatic heterocycles. The predicted octanol–water partition coefficient (Wildman–Crippen LogP) is 1.90. The first kappa shape index (κ1) is 9.21. The van der Waals surface area contributed by atoms with E-state index in [1.807, 2.05) is 19.1 Å². The van der Waals surface area contributed by atoms with Crippen molar-refractivity contribution in [2.24, 2.45) is 7.05 Å². The molecule has 3 nitrogen and oxygen atoms in total. The van der Waals surface area contributed by atoms with Crippen LogP contribution in [0.4, 0.5) is 0 Å². The number of aromatic nitrogens is 2. The Morgan fingerprint density at radius 2 is 2.14 bits per heavy atom. The summed E-state index contributed by atoms with van der Waals surface area (Å²) >= 11 is 5.80. The Kier molecular flexibility index (Phi) is 2.04. The van der Waals surface area contributed by atoms with Crippen LogP contribution in [-0.2, 0) is 7.05 Å². The molecule has 0 spiro atoms. The highest BCUT2D eigenvalue weighted by Crippen LogP contribution is 2.13. The molecule has 0 fully saturated rings. The summed E-state index contributed by atoms with van der Waals surface area (Å²) in [5.74, 6) is 0. The summed E-state index contributed by atoms with van der Waals surface area (Å²) in [6.45, 7) is 1.89. The van der Waals surface area contributed by atoms with Gasteiger partial charge in [0, 0.05) is 7.05 Å². The van der Waals surface area contributed by atoms with Crippen molar-refractivity contribution in [1.29, 1.82) is 0 Å². The van der Waals surface area contributed by atoms with Crippen molar-refractivity contribution in [3.8, 4) is 0 Å². The SMILES string of the molecule is Cc1cccc2nc(Cl)n(C)c(=O)c12. The molecule has 0 aliphatic carbocycles. The van der Waals surface area contributed by atoms with E-state index in [0.29, 0.717) is 10.9 Å². The number of benzene rings is 1. The van der Waals surface area contributed by atoms with Crippen LogP contribution < -0.4 is 5.56 Å². The molecule has 0 saturated carbocycles. The third kappa shape index (κ3) is 1.21. The summed E-state index contributed by atoms with van der Waals surface area (Å²) in [5, 5.41) is 0.854. The van der Waals surface area contributed by atoms with Gasteiger partial charge in [-0.2, -0.15) is 0 Å². The number of nitrogens with zero attached hydrogens (tertiary/aromatic N) is 2. The summed E-state index contributed by atoms with van der Waals surface area (Å²) in [6.07, 6.45) is 0. The smallest absolute Gasteiger partial charge is 0.262 e. The van der Waals surface area contributed by atoms with E-state index in [9.17, 15) is 4.79 Å². The lowest BCUT2D eigenvalue weighted by atomic mass is 10.1. The minimum absolute atomic E-state index is 0.0990. The quantitative estimate of drug-likeness (QED) is 0.620. The zero-order valence-corrected chi connectivity index (χ0v) is 8.67. The second-order valence-electron chi connectivity index (χ2n) is 3.21. The third-order valence-corrected chi connectivity index (χ3v) is 2.60. The van der Waals surface area contributed by atoms with Crippen LogP contribution >= 0.6 is 11.6 Å². The molecule has 72 valence electrons. The number of rotatable bonds is 0. The van der Waals surface area contributed by atoms with Crippen LogP contribution in [0.3, 0.4) is 0 Å². The molecule has 14 heavy (non-hydrogen) atoms. The molecule has 2 rings (SSSR count). The maximum atomic E-state index is 11.8. The summed E-state index contributed by atoms with van der Waals surface area (Å²) in [6, 6.07) is 5.54. The van der Waals surface area contributed by atoms with Crippen molar-refractivity contribution in [3.05, 3.63) is 39.4 Å². The van der Waals surface area contributed by atoms with Crippen LogP contribution in [0.25, 0.3) is 10.9 Å². The zero-order valence-electron chi connectivity index (χ0n) is 7.91. The molecular formula is C10H9ClN2O. The van der Waals surface area contributed by atoms with Crippen LogP contribution in [0.2, 0.25) is 5.28 Å². The summed E-state index contributed by atoms with van der Waals surface area (Å²) in [4.78, 5) is 15.9. The van der Waals surface area contributed by atoms with Gasteiger partial charge < -0.3 is 0 Å². The van der Waals surface area contributed by atoms with E-state index in [1.165, 1.54) is 4.57 Å². The Hall–Kier alpha value is -1.35. The number of hydrogen-bond acceptors (Lipinski definition) is 2. The first-order valence-corrected chi connectivity index (χ1v) is 4.61. The highest BCUT2D eigenvalue weighted by molar-refractivity contribution is 6.28. The van der Waals surface area contributed by atoms with Gasteiger partial charge in [0.05, 0.1) is 10.9 Å². The molecule has 0 unspecified atom stereocenters. The highest BCUT2D eigenvalue weighted by atomic mass is 35.5. The van der Waals surface area contributed by atoms with Crippen molar-refractivity contribution < 1.29 is 0 Å². The van der Waals surface area contributed by atoms with E-state index in [2.05, 4.69) is 4.98 Å². The lowest BCUT2D eigenvalue weighted by molar-refractivity contribution is 0.843. The molecule has 0 bridgehead atoms. The molecule has 1 heterocycles. The predicted molar refractivity (Wildman–Crippen MR) is 56.7 cm³/mol. The van der Waals surface area contributed by atoms with Gasteiger partial charge in [-0.15, -0.1) is 0 Å². The van der Waals surface area contributed by atoms with E-state index in [4.69, 9.17) is 11.6 Å². The molecule has 0 saturated heterocycles. The number of aryl methyl sites for hydroxylation is 1. The van der Waals surface area contributed by atoms with Gasteiger partial charge in [0.2, 0.25) is 5.28 Å². The minimum atomic E-state index is -0.0990. The number of halogens is 1. The largest absolute Gasteiger partial charge is 0.286 e. The normalized spacial score (nSPS) is 10.8. The Labute approximate surface area is 86.0 Å². The van der Waals surface area contributed by atoms with Gasteiger partial charge in [0.1, 0.15) is 0 Å². The Bertz CT molecular complexity index is 560. The number of fused-ring (bicyclic) bond motifs is 1. The average molecular weight is 209 g/mol. The fourth-order valence-corrected chi connectivity index (χ4v) is 1.62. The van der Waals surface area contributed by atoms with Gasteiger partial charge in [-0.25, -0.2) is 4.98 Å². The second kappa shape index (κ2) is 3.10. The molecule has 0 radical (unpaired) electrons. The molecular weight excluding hydrogens is 200 g/mol. The first-order valence-electron chi connectivity index (χ1n) is 4.23. The minimum Gasteiger partial charge on any atom is -0.286 e. The van der Waals surface area contributed by atoms with Crippen molar-refractivity contribution in [2.75, 3.05) is 0 Å². The van der Waals surface area contributed by atoms with Gasteiger partial charge in [0.25, 0.3) is 5.56 Å². The van der Waals surface area contributed by atoms with Crippen molar-refractivity contribution in [2.45, 2.75) is 6.92 Å².